The van der Waals surface area contributed by atoms with Gasteiger partial charge in [0.2, 0.25) is 0 Å². The largest absolute Gasteiger partial charge is 0.393 e. The van der Waals surface area contributed by atoms with Crippen molar-refractivity contribution in [3.63, 3.8) is 0 Å². The third-order valence-corrected chi connectivity index (χ3v) is 6.13. The molecule has 0 spiro atoms. The van der Waals surface area contributed by atoms with Crippen LogP contribution in [0, 0.1) is 17.8 Å². The highest BCUT2D eigenvalue weighted by atomic mass is 16.3. The van der Waals surface area contributed by atoms with Crippen LogP contribution in [-0.4, -0.2) is 47.0 Å². The Kier molecular flexibility index (Phi) is 5.00. The Morgan fingerprint density at radius 1 is 0.900 bits per heavy atom. The van der Waals surface area contributed by atoms with E-state index in [0.29, 0.717) is 5.92 Å². The third kappa shape index (κ3) is 3.37. The van der Waals surface area contributed by atoms with Crippen LogP contribution in [0.5, 0.6) is 0 Å². The molecule has 1 saturated heterocycles. The summed E-state index contributed by atoms with van der Waals surface area (Å²) >= 11 is 0. The van der Waals surface area contributed by atoms with E-state index in [1.54, 1.807) is 0 Å². The maximum absolute atomic E-state index is 10.7. The molecule has 0 aromatic carbocycles. The van der Waals surface area contributed by atoms with Gasteiger partial charge in [-0.2, -0.15) is 0 Å². The van der Waals surface area contributed by atoms with Crippen LogP contribution in [-0.2, 0) is 0 Å². The minimum atomic E-state index is -0.142. The molecule has 2 saturated carbocycles. The summed E-state index contributed by atoms with van der Waals surface area (Å²) in [6, 6.07) is 0. The number of hydrogen-bond donors (Lipinski definition) is 2. The van der Waals surface area contributed by atoms with Crippen molar-refractivity contribution in [2.24, 2.45) is 17.8 Å². The lowest BCUT2D eigenvalue weighted by atomic mass is 9.64. The third-order valence-electron chi connectivity index (χ3n) is 6.13. The van der Waals surface area contributed by atoms with Gasteiger partial charge in [-0.05, 0) is 43.4 Å². The zero-order valence-corrected chi connectivity index (χ0v) is 12.7. The Morgan fingerprint density at radius 3 is 2.40 bits per heavy atom. The minimum absolute atomic E-state index is 0.110. The number of piperidine rings is 1. The highest BCUT2D eigenvalue weighted by Gasteiger charge is 2.38. The van der Waals surface area contributed by atoms with Crippen molar-refractivity contribution in [1.29, 1.82) is 0 Å². The molecule has 1 aliphatic heterocycles. The lowest BCUT2D eigenvalue weighted by Crippen LogP contribution is -2.46. The van der Waals surface area contributed by atoms with E-state index >= 15 is 0 Å². The van der Waals surface area contributed by atoms with E-state index in [2.05, 4.69) is 4.90 Å². The number of fused-ring (bicyclic) bond motifs is 1. The van der Waals surface area contributed by atoms with Crippen LogP contribution < -0.4 is 0 Å². The fraction of sp³-hybridized carbons (Fsp3) is 1.00. The average Bonchev–Trinajstić information content (AvgIpc) is 2.49. The van der Waals surface area contributed by atoms with Crippen LogP contribution in [0.3, 0.4) is 0 Å². The Morgan fingerprint density at radius 2 is 1.60 bits per heavy atom. The van der Waals surface area contributed by atoms with Gasteiger partial charge in [0.05, 0.1) is 12.2 Å². The van der Waals surface area contributed by atoms with Gasteiger partial charge in [0, 0.05) is 19.6 Å². The first-order valence-electron chi connectivity index (χ1n) is 8.82. The molecule has 3 rings (SSSR count). The molecule has 3 aliphatic rings. The number of β-amino-alcohol motifs (C(OH)–C–C–N with tert-alkyl or cyclic N) is 1. The Balaban J connectivity index is 1.54. The van der Waals surface area contributed by atoms with Crippen LogP contribution in [0.2, 0.25) is 0 Å². The van der Waals surface area contributed by atoms with Crippen molar-refractivity contribution < 1.29 is 10.2 Å². The lowest BCUT2D eigenvalue weighted by molar-refractivity contribution is -0.0232. The minimum Gasteiger partial charge on any atom is -0.393 e. The van der Waals surface area contributed by atoms with E-state index in [4.69, 9.17) is 0 Å². The van der Waals surface area contributed by atoms with Gasteiger partial charge in [0.25, 0.3) is 0 Å². The summed E-state index contributed by atoms with van der Waals surface area (Å²) < 4.78 is 0. The number of rotatable bonds is 3. The summed E-state index contributed by atoms with van der Waals surface area (Å²) in [5.74, 6) is 2.24. The molecule has 1 heterocycles. The van der Waals surface area contributed by atoms with Crippen LogP contribution >= 0.6 is 0 Å². The average molecular weight is 281 g/mol. The monoisotopic (exact) mass is 281 g/mol. The predicted molar refractivity (Wildman–Crippen MR) is 80.5 cm³/mol. The SMILES string of the molecule is OC1CCN(CC(O)C2CCCC3CCCCC32)CC1. The zero-order chi connectivity index (χ0) is 13.9. The molecule has 3 nitrogen and oxygen atoms in total. The molecule has 20 heavy (non-hydrogen) atoms. The molecule has 0 aromatic heterocycles. The standard InChI is InChI=1S/C17H31NO2/c19-14-8-10-18(11-9-14)12-17(20)16-7-3-5-13-4-1-2-6-15(13)16/h13-17,19-20H,1-12H2. The Bertz CT molecular complexity index is 299. The van der Waals surface area contributed by atoms with Gasteiger partial charge in [-0.1, -0.05) is 32.1 Å². The van der Waals surface area contributed by atoms with Crippen LogP contribution in [0.1, 0.15) is 57.8 Å². The summed E-state index contributed by atoms with van der Waals surface area (Å²) in [5, 5.41) is 20.3. The Labute approximate surface area is 123 Å². The molecular weight excluding hydrogens is 250 g/mol. The van der Waals surface area contributed by atoms with Gasteiger partial charge in [-0.3, -0.25) is 0 Å². The van der Waals surface area contributed by atoms with E-state index < -0.39 is 0 Å². The number of hydrogen-bond acceptors (Lipinski definition) is 3. The molecule has 2 aliphatic carbocycles. The molecule has 4 atom stereocenters. The number of aliphatic hydroxyl groups is 2. The van der Waals surface area contributed by atoms with E-state index in [1.807, 2.05) is 0 Å². The number of aliphatic hydroxyl groups excluding tert-OH is 2. The lowest BCUT2D eigenvalue weighted by Gasteiger charge is -2.44. The smallest absolute Gasteiger partial charge is 0.0697 e. The molecule has 0 aromatic rings. The molecular formula is C17H31NO2. The van der Waals surface area contributed by atoms with E-state index in [0.717, 1.165) is 44.3 Å². The van der Waals surface area contributed by atoms with Crippen molar-refractivity contribution in [3.05, 3.63) is 0 Å². The summed E-state index contributed by atoms with van der Waals surface area (Å²) in [6.45, 7) is 2.75. The van der Waals surface area contributed by atoms with Gasteiger partial charge in [0.15, 0.2) is 0 Å². The van der Waals surface area contributed by atoms with Gasteiger partial charge < -0.3 is 15.1 Å². The van der Waals surface area contributed by atoms with E-state index in [9.17, 15) is 10.2 Å². The van der Waals surface area contributed by atoms with Crippen LogP contribution in [0.25, 0.3) is 0 Å². The normalized spacial score (nSPS) is 38.4. The van der Waals surface area contributed by atoms with Crippen molar-refractivity contribution in [1.82, 2.24) is 4.90 Å². The predicted octanol–water partition coefficient (Wildman–Crippen LogP) is 2.41. The molecule has 0 radical (unpaired) electrons. The quantitative estimate of drug-likeness (QED) is 0.835. The maximum atomic E-state index is 10.7. The fourth-order valence-electron chi connectivity index (χ4n) is 4.97. The molecule has 0 bridgehead atoms. The summed E-state index contributed by atoms with van der Waals surface area (Å²) in [7, 11) is 0. The highest BCUT2D eigenvalue weighted by Crippen LogP contribution is 2.45. The molecule has 116 valence electrons. The van der Waals surface area contributed by atoms with Gasteiger partial charge in [-0.15, -0.1) is 0 Å². The summed E-state index contributed by atoms with van der Waals surface area (Å²) in [4.78, 5) is 2.36. The maximum Gasteiger partial charge on any atom is 0.0697 e. The fourth-order valence-corrected chi connectivity index (χ4v) is 4.97. The molecule has 3 heteroatoms. The topological polar surface area (TPSA) is 43.7 Å². The molecule has 3 fully saturated rings. The number of nitrogens with zero attached hydrogens (tertiary/aromatic N) is 1. The van der Waals surface area contributed by atoms with Gasteiger partial charge in [0.1, 0.15) is 0 Å². The van der Waals surface area contributed by atoms with Crippen molar-refractivity contribution >= 4 is 0 Å². The summed E-state index contributed by atoms with van der Waals surface area (Å²) in [5.41, 5.74) is 0. The zero-order valence-electron chi connectivity index (χ0n) is 12.7. The second-order valence-electron chi connectivity index (χ2n) is 7.40. The van der Waals surface area contributed by atoms with E-state index in [-0.39, 0.29) is 12.2 Å². The Hall–Kier alpha value is -0.120. The summed E-state index contributed by atoms with van der Waals surface area (Å²) in [6.07, 6.45) is 11.0. The van der Waals surface area contributed by atoms with Crippen molar-refractivity contribution in [3.8, 4) is 0 Å². The highest BCUT2D eigenvalue weighted by molar-refractivity contribution is 4.89. The first-order valence-corrected chi connectivity index (χ1v) is 8.82. The molecule has 0 amide bonds. The second-order valence-corrected chi connectivity index (χ2v) is 7.40. The number of likely N-dealkylation sites (tertiary alicyclic amines) is 1. The second kappa shape index (κ2) is 6.76. The van der Waals surface area contributed by atoms with E-state index in [1.165, 1.54) is 44.9 Å². The molecule has 4 unspecified atom stereocenters. The first kappa shape index (κ1) is 14.8. The van der Waals surface area contributed by atoms with Crippen LogP contribution in [0.15, 0.2) is 0 Å². The van der Waals surface area contributed by atoms with Crippen molar-refractivity contribution in [2.45, 2.75) is 70.0 Å². The van der Waals surface area contributed by atoms with Crippen molar-refractivity contribution in [2.75, 3.05) is 19.6 Å². The van der Waals surface area contributed by atoms with Gasteiger partial charge in [-0.25, -0.2) is 0 Å². The van der Waals surface area contributed by atoms with Crippen LogP contribution in [0.4, 0.5) is 0 Å². The first-order chi connectivity index (χ1) is 9.74. The van der Waals surface area contributed by atoms with Gasteiger partial charge >= 0.3 is 0 Å². The molecule has 2 N–H and O–H groups in total.